The van der Waals surface area contributed by atoms with Crippen molar-refractivity contribution in [2.45, 2.75) is 33.1 Å². The average Bonchev–Trinajstić information content (AvgIpc) is 2.37. The summed E-state index contributed by atoms with van der Waals surface area (Å²) in [6.07, 6.45) is 3.32. The van der Waals surface area contributed by atoms with Gasteiger partial charge in [-0.15, -0.1) is 0 Å². The molecule has 1 aliphatic rings. The van der Waals surface area contributed by atoms with Crippen molar-refractivity contribution < 1.29 is 9.59 Å². The molecule has 106 valence electrons. The maximum absolute atomic E-state index is 12.0. The predicted octanol–water partition coefficient (Wildman–Crippen LogP) is 2.87. The lowest BCUT2D eigenvalue weighted by atomic mass is 9.72. The molecule has 1 aromatic rings. The van der Waals surface area contributed by atoms with Crippen molar-refractivity contribution in [1.29, 1.82) is 0 Å². The zero-order chi connectivity index (χ0) is 14.6. The summed E-state index contributed by atoms with van der Waals surface area (Å²) in [4.78, 5) is 28.2. The van der Waals surface area contributed by atoms with Crippen LogP contribution in [0.3, 0.4) is 0 Å². The minimum atomic E-state index is -0.612. The molecule has 0 atom stereocenters. The van der Waals surface area contributed by atoms with E-state index in [1.165, 1.54) is 5.56 Å². The monoisotopic (exact) mass is 271 g/mol. The molecule has 3 heteroatoms. The van der Waals surface area contributed by atoms with Gasteiger partial charge in [0, 0.05) is 25.6 Å². The molecule has 0 amide bonds. The van der Waals surface area contributed by atoms with E-state index in [0.29, 0.717) is 19.4 Å². The van der Waals surface area contributed by atoms with Gasteiger partial charge in [-0.05, 0) is 17.4 Å². The first-order valence-corrected chi connectivity index (χ1v) is 7.07. The molecule has 1 aliphatic carbocycles. The minimum absolute atomic E-state index is 0.00899. The number of nitrogens with zero attached hydrogens (tertiary/aromatic N) is 1. The Bertz CT molecular complexity index is 497. The standard InChI is InChI=1S/C17H21NO2/c1-17(2)10-15(19)14(16(20)11-17)12-18-9-8-13-6-4-3-5-7-13/h3-7,12,14H,8-11H2,1-2H3. The smallest absolute Gasteiger partial charge is 0.149 e. The molecule has 0 radical (unpaired) electrons. The highest BCUT2D eigenvalue weighted by Crippen LogP contribution is 2.33. The zero-order valence-corrected chi connectivity index (χ0v) is 12.1. The van der Waals surface area contributed by atoms with E-state index in [2.05, 4.69) is 17.1 Å². The molecule has 20 heavy (non-hydrogen) atoms. The van der Waals surface area contributed by atoms with E-state index in [0.717, 1.165) is 6.42 Å². The summed E-state index contributed by atoms with van der Waals surface area (Å²) < 4.78 is 0. The van der Waals surface area contributed by atoms with Crippen molar-refractivity contribution in [2.24, 2.45) is 16.3 Å². The van der Waals surface area contributed by atoms with Gasteiger partial charge >= 0.3 is 0 Å². The number of hydrogen-bond acceptors (Lipinski definition) is 3. The molecule has 1 fully saturated rings. The number of Topliss-reactive ketones (excluding diaryl/α,β-unsaturated/α-hetero) is 2. The first-order chi connectivity index (χ1) is 9.48. The second-order valence-corrected chi connectivity index (χ2v) is 6.22. The maximum atomic E-state index is 12.0. The quantitative estimate of drug-likeness (QED) is 0.624. The van der Waals surface area contributed by atoms with Gasteiger partial charge in [0.05, 0.1) is 0 Å². The fraction of sp³-hybridized carbons (Fsp3) is 0.471. The Hall–Kier alpha value is -1.77. The average molecular weight is 271 g/mol. The lowest BCUT2D eigenvalue weighted by Gasteiger charge is -2.30. The second-order valence-electron chi connectivity index (χ2n) is 6.22. The van der Waals surface area contributed by atoms with Crippen LogP contribution in [-0.4, -0.2) is 24.3 Å². The summed E-state index contributed by atoms with van der Waals surface area (Å²) in [5.74, 6) is -0.594. The Labute approximate surface area is 120 Å². The van der Waals surface area contributed by atoms with Crippen LogP contribution in [-0.2, 0) is 16.0 Å². The van der Waals surface area contributed by atoms with Crippen molar-refractivity contribution in [1.82, 2.24) is 0 Å². The van der Waals surface area contributed by atoms with Crippen molar-refractivity contribution in [3.8, 4) is 0 Å². The molecule has 0 aromatic heterocycles. The topological polar surface area (TPSA) is 46.5 Å². The SMILES string of the molecule is CC1(C)CC(=O)C(C=NCCc2ccccc2)C(=O)C1. The molecule has 0 N–H and O–H groups in total. The van der Waals surface area contributed by atoms with Gasteiger partial charge in [0.15, 0.2) is 0 Å². The number of carbonyl (C=O) groups excluding carboxylic acids is 2. The molecule has 0 saturated heterocycles. The number of carbonyl (C=O) groups is 2. The highest BCUT2D eigenvalue weighted by molar-refractivity contribution is 6.16. The fourth-order valence-electron chi connectivity index (χ4n) is 2.59. The van der Waals surface area contributed by atoms with Crippen molar-refractivity contribution in [2.75, 3.05) is 6.54 Å². The van der Waals surface area contributed by atoms with Crippen LogP contribution in [0.4, 0.5) is 0 Å². The predicted molar refractivity (Wildman–Crippen MR) is 80.0 cm³/mol. The molecule has 1 aromatic carbocycles. The first-order valence-electron chi connectivity index (χ1n) is 7.07. The van der Waals surface area contributed by atoms with Crippen LogP contribution in [0, 0.1) is 11.3 Å². The highest BCUT2D eigenvalue weighted by Gasteiger charge is 2.38. The normalized spacial score (nSPS) is 19.7. The maximum Gasteiger partial charge on any atom is 0.149 e. The summed E-state index contributed by atoms with van der Waals surface area (Å²) in [5.41, 5.74) is 1.02. The van der Waals surface area contributed by atoms with Gasteiger partial charge in [-0.2, -0.15) is 0 Å². The van der Waals surface area contributed by atoms with Gasteiger partial charge in [0.1, 0.15) is 17.5 Å². The van der Waals surface area contributed by atoms with Gasteiger partial charge in [-0.1, -0.05) is 44.2 Å². The molecule has 0 spiro atoms. The number of hydrogen-bond donors (Lipinski definition) is 0. The largest absolute Gasteiger partial charge is 0.298 e. The highest BCUT2D eigenvalue weighted by atomic mass is 16.2. The van der Waals surface area contributed by atoms with E-state index in [-0.39, 0.29) is 17.0 Å². The summed E-state index contributed by atoms with van der Waals surface area (Å²) in [7, 11) is 0. The molecule has 0 bridgehead atoms. The Morgan fingerprint density at radius 2 is 1.75 bits per heavy atom. The van der Waals surface area contributed by atoms with E-state index in [9.17, 15) is 9.59 Å². The molecule has 1 saturated carbocycles. The molecule has 2 rings (SSSR count). The number of benzene rings is 1. The number of aliphatic imine (C=N–C) groups is 1. The van der Waals surface area contributed by atoms with Gasteiger partial charge < -0.3 is 0 Å². The van der Waals surface area contributed by atoms with Crippen molar-refractivity contribution >= 4 is 17.8 Å². The van der Waals surface area contributed by atoms with Gasteiger partial charge in [0.25, 0.3) is 0 Å². The van der Waals surface area contributed by atoms with E-state index in [1.54, 1.807) is 6.21 Å². The molecule has 3 nitrogen and oxygen atoms in total. The molecular formula is C17H21NO2. The zero-order valence-electron chi connectivity index (χ0n) is 12.1. The minimum Gasteiger partial charge on any atom is -0.298 e. The third-order valence-corrected chi connectivity index (χ3v) is 3.63. The number of ketones is 2. The molecule has 0 heterocycles. The summed E-state index contributed by atoms with van der Waals surface area (Å²) in [6.45, 7) is 4.54. The molecule has 0 aliphatic heterocycles. The first kappa shape index (κ1) is 14.6. The number of rotatable bonds is 4. The fourth-order valence-corrected chi connectivity index (χ4v) is 2.59. The second kappa shape index (κ2) is 6.12. The Balaban J connectivity index is 1.88. The van der Waals surface area contributed by atoms with Crippen LogP contribution in [0.1, 0.15) is 32.3 Å². The van der Waals surface area contributed by atoms with E-state index >= 15 is 0 Å². The lowest BCUT2D eigenvalue weighted by molar-refractivity contribution is -0.136. The van der Waals surface area contributed by atoms with Crippen molar-refractivity contribution in [3.63, 3.8) is 0 Å². The van der Waals surface area contributed by atoms with Crippen LogP contribution in [0.2, 0.25) is 0 Å². The summed E-state index contributed by atoms with van der Waals surface area (Å²) >= 11 is 0. The van der Waals surface area contributed by atoms with E-state index < -0.39 is 5.92 Å². The van der Waals surface area contributed by atoms with Crippen LogP contribution in [0.5, 0.6) is 0 Å². The van der Waals surface area contributed by atoms with Crippen molar-refractivity contribution in [3.05, 3.63) is 35.9 Å². The Kier molecular flexibility index (Phi) is 4.48. The molecular weight excluding hydrogens is 250 g/mol. The summed E-state index contributed by atoms with van der Waals surface area (Å²) in [5, 5.41) is 0. The van der Waals surface area contributed by atoms with Crippen LogP contribution in [0.25, 0.3) is 0 Å². The van der Waals surface area contributed by atoms with Gasteiger partial charge in [-0.25, -0.2) is 0 Å². The Morgan fingerprint density at radius 1 is 1.15 bits per heavy atom. The van der Waals surface area contributed by atoms with E-state index in [4.69, 9.17) is 0 Å². The lowest BCUT2D eigenvalue weighted by Crippen LogP contribution is -2.38. The van der Waals surface area contributed by atoms with Gasteiger partial charge in [0.2, 0.25) is 0 Å². The van der Waals surface area contributed by atoms with Crippen LogP contribution >= 0.6 is 0 Å². The summed E-state index contributed by atoms with van der Waals surface area (Å²) in [6, 6.07) is 10.1. The van der Waals surface area contributed by atoms with Crippen LogP contribution < -0.4 is 0 Å². The van der Waals surface area contributed by atoms with Crippen LogP contribution in [0.15, 0.2) is 35.3 Å². The van der Waals surface area contributed by atoms with E-state index in [1.807, 2.05) is 32.0 Å². The molecule has 0 unspecified atom stereocenters. The third-order valence-electron chi connectivity index (χ3n) is 3.63. The third kappa shape index (κ3) is 3.86. The Morgan fingerprint density at radius 3 is 2.35 bits per heavy atom. The van der Waals surface area contributed by atoms with Gasteiger partial charge in [-0.3, -0.25) is 14.6 Å².